The minimum absolute atomic E-state index is 0.0337. The van der Waals surface area contributed by atoms with Crippen molar-refractivity contribution in [3.63, 3.8) is 0 Å². The number of anilines is 1. The Morgan fingerprint density at radius 3 is 2.68 bits per heavy atom. The first-order valence-corrected chi connectivity index (χ1v) is 7.54. The van der Waals surface area contributed by atoms with E-state index in [9.17, 15) is 18.0 Å². The van der Waals surface area contributed by atoms with Crippen molar-refractivity contribution in [1.29, 1.82) is 0 Å². The van der Waals surface area contributed by atoms with Gasteiger partial charge in [-0.3, -0.25) is 4.90 Å². The highest BCUT2D eigenvalue weighted by Crippen LogP contribution is 2.37. The Balaban J connectivity index is 2.35. The van der Waals surface area contributed by atoms with Gasteiger partial charge in [0.1, 0.15) is 0 Å². The second-order valence-corrected chi connectivity index (χ2v) is 5.43. The van der Waals surface area contributed by atoms with Crippen LogP contribution in [0.5, 0.6) is 0 Å². The van der Waals surface area contributed by atoms with Gasteiger partial charge in [0, 0.05) is 6.04 Å². The predicted octanol–water partition coefficient (Wildman–Crippen LogP) is 4.78. The predicted molar refractivity (Wildman–Crippen MR) is 78.0 cm³/mol. The lowest BCUT2D eigenvalue weighted by Crippen LogP contribution is -2.44. The molecule has 0 bridgehead atoms. The van der Waals surface area contributed by atoms with Crippen molar-refractivity contribution in [1.82, 2.24) is 0 Å². The molecule has 0 radical (unpaired) electrons. The van der Waals surface area contributed by atoms with Gasteiger partial charge in [-0.15, -0.1) is 0 Å². The third-order valence-corrected chi connectivity index (χ3v) is 3.88. The Labute approximate surface area is 128 Å². The van der Waals surface area contributed by atoms with E-state index in [2.05, 4.69) is 0 Å². The molecule has 1 aliphatic heterocycles. The molecule has 1 aromatic carbocycles. The van der Waals surface area contributed by atoms with Crippen LogP contribution in [0.15, 0.2) is 18.2 Å². The van der Waals surface area contributed by atoms with Gasteiger partial charge in [-0.2, -0.15) is 13.2 Å². The maximum atomic E-state index is 12.8. The summed E-state index contributed by atoms with van der Waals surface area (Å²) in [6, 6.07) is 3.51. The zero-order chi connectivity index (χ0) is 16.3. The van der Waals surface area contributed by atoms with E-state index in [4.69, 9.17) is 4.74 Å². The molecule has 6 heteroatoms. The summed E-state index contributed by atoms with van der Waals surface area (Å²) in [4.78, 5) is 13.8. The topological polar surface area (TPSA) is 29.5 Å². The minimum Gasteiger partial charge on any atom is -0.449 e. The molecule has 0 aromatic heterocycles. The summed E-state index contributed by atoms with van der Waals surface area (Å²) in [5.41, 5.74) is 0.406. The molecule has 0 aliphatic carbocycles. The van der Waals surface area contributed by atoms with Gasteiger partial charge >= 0.3 is 12.3 Å². The minimum atomic E-state index is -4.37. The van der Waals surface area contributed by atoms with E-state index in [-0.39, 0.29) is 6.04 Å². The van der Waals surface area contributed by atoms with Crippen LogP contribution >= 0.6 is 0 Å². The number of benzene rings is 1. The Hall–Kier alpha value is -1.72. The summed E-state index contributed by atoms with van der Waals surface area (Å²) in [5, 5.41) is 0. The van der Waals surface area contributed by atoms with E-state index >= 15 is 0 Å². The number of nitrogens with zero attached hydrogens (tertiary/aromatic N) is 1. The van der Waals surface area contributed by atoms with Gasteiger partial charge in [0.05, 0.1) is 17.9 Å². The summed E-state index contributed by atoms with van der Waals surface area (Å²) in [7, 11) is 0. The third kappa shape index (κ3) is 3.36. The first kappa shape index (κ1) is 16.6. The van der Waals surface area contributed by atoms with Crippen molar-refractivity contribution < 1.29 is 22.7 Å². The number of carbonyl (C=O) groups is 1. The molecular weight excluding hydrogens is 295 g/mol. The molecule has 0 saturated carbocycles. The van der Waals surface area contributed by atoms with E-state index < -0.39 is 17.8 Å². The van der Waals surface area contributed by atoms with E-state index in [1.807, 2.05) is 13.8 Å². The highest BCUT2D eigenvalue weighted by atomic mass is 19.4. The molecule has 0 fully saturated rings. The Kier molecular flexibility index (Phi) is 4.98. The molecule has 1 heterocycles. The molecule has 122 valence electrons. The molecular formula is C16H20F3NO2. The maximum absolute atomic E-state index is 12.8. The van der Waals surface area contributed by atoms with Crippen LogP contribution in [0.3, 0.4) is 0 Å². The lowest BCUT2D eigenvalue weighted by atomic mass is 9.93. The lowest BCUT2D eigenvalue weighted by molar-refractivity contribution is -0.137. The zero-order valence-electron chi connectivity index (χ0n) is 12.7. The van der Waals surface area contributed by atoms with Crippen LogP contribution in [0.25, 0.3) is 0 Å². The number of aryl methyl sites for hydroxylation is 1. The number of hydrogen-bond acceptors (Lipinski definition) is 2. The van der Waals surface area contributed by atoms with Gasteiger partial charge in [0.15, 0.2) is 0 Å². The number of halogens is 3. The molecule has 0 saturated heterocycles. The number of fused-ring (bicyclic) bond motifs is 1. The standard InChI is InChI=1S/C16H20F3NO2/c1-3-9-22-15(21)20-13(4-2)7-5-11-10-12(16(17,18)19)6-8-14(11)20/h6,8,10,13H,3-5,7,9H2,1-2H3/t13-/m1/s1. The van der Waals surface area contributed by atoms with E-state index in [0.717, 1.165) is 18.6 Å². The van der Waals surface area contributed by atoms with Crippen molar-refractivity contribution in [2.45, 2.75) is 51.7 Å². The molecule has 0 N–H and O–H groups in total. The molecule has 0 spiro atoms. The normalized spacial score (nSPS) is 18.0. The number of carbonyl (C=O) groups excluding carboxylic acids is 1. The fourth-order valence-corrected chi connectivity index (χ4v) is 2.74. The van der Waals surface area contributed by atoms with Crippen molar-refractivity contribution in [3.05, 3.63) is 29.3 Å². The van der Waals surface area contributed by atoms with Gasteiger partial charge < -0.3 is 4.74 Å². The summed E-state index contributed by atoms with van der Waals surface area (Å²) in [6.45, 7) is 4.16. The average Bonchev–Trinajstić information content (AvgIpc) is 2.49. The molecule has 0 unspecified atom stereocenters. The van der Waals surface area contributed by atoms with E-state index in [0.29, 0.717) is 37.1 Å². The van der Waals surface area contributed by atoms with Crippen LogP contribution in [0.1, 0.15) is 44.2 Å². The largest absolute Gasteiger partial charge is 0.449 e. The monoisotopic (exact) mass is 315 g/mol. The number of hydrogen-bond donors (Lipinski definition) is 0. The maximum Gasteiger partial charge on any atom is 0.416 e. The quantitative estimate of drug-likeness (QED) is 0.803. The van der Waals surface area contributed by atoms with Crippen LogP contribution in [0, 0.1) is 0 Å². The molecule has 1 amide bonds. The highest BCUT2D eigenvalue weighted by Gasteiger charge is 2.35. The van der Waals surface area contributed by atoms with Gasteiger partial charge in [0.25, 0.3) is 0 Å². The van der Waals surface area contributed by atoms with Crippen LogP contribution in [0.4, 0.5) is 23.7 Å². The third-order valence-electron chi connectivity index (χ3n) is 3.88. The summed E-state index contributed by atoms with van der Waals surface area (Å²) >= 11 is 0. The van der Waals surface area contributed by atoms with Crippen molar-refractivity contribution in [2.24, 2.45) is 0 Å². The highest BCUT2D eigenvalue weighted by molar-refractivity contribution is 5.90. The number of alkyl halides is 3. The fourth-order valence-electron chi connectivity index (χ4n) is 2.74. The van der Waals surface area contributed by atoms with Gasteiger partial charge in [-0.1, -0.05) is 13.8 Å². The number of amides is 1. The Morgan fingerprint density at radius 1 is 1.36 bits per heavy atom. The fraction of sp³-hybridized carbons (Fsp3) is 0.562. The first-order chi connectivity index (χ1) is 10.4. The van der Waals surface area contributed by atoms with Crippen molar-refractivity contribution in [3.8, 4) is 0 Å². The van der Waals surface area contributed by atoms with Crippen LogP contribution in [-0.4, -0.2) is 18.7 Å². The number of rotatable bonds is 3. The van der Waals surface area contributed by atoms with Crippen molar-refractivity contribution >= 4 is 11.8 Å². The SMILES string of the molecule is CCCOC(=O)N1c2ccc(C(F)(F)F)cc2CC[C@H]1CC. The van der Waals surface area contributed by atoms with Gasteiger partial charge in [0.2, 0.25) is 0 Å². The molecule has 3 nitrogen and oxygen atoms in total. The Morgan fingerprint density at radius 2 is 2.09 bits per heavy atom. The van der Waals surface area contributed by atoms with Crippen LogP contribution < -0.4 is 4.90 Å². The summed E-state index contributed by atoms with van der Waals surface area (Å²) in [6.07, 6.45) is -2.22. The average molecular weight is 315 g/mol. The van der Waals surface area contributed by atoms with Crippen LogP contribution in [0.2, 0.25) is 0 Å². The van der Waals surface area contributed by atoms with E-state index in [1.54, 1.807) is 0 Å². The smallest absolute Gasteiger partial charge is 0.416 e. The summed E-state index contributed by atoms with van der Waals surface area (Å²) < 4.78 is 43.6. The van der Waals surface area contributed by atoms with Crippen LogP contribution in [-0.2, 0) is 17.3 Å². The second kappa shape index (κ2) is 6.58. The molecule has 2 rings (SSSR count). The second-order valence-electron chi connectivity index (χ2n) is 5.43. The molecule has 1 aliphatic rings. The van der Waals surface area contributed by atoms with Gasteiger partial charge in [-0.05, 0) is 49.4 Å². The molecule has 1 aromatic rings. The first-order valence-electron chi connectivity index (χ1n) is 7.54. The van der Waals surface area contributed by atoms with E-state index in [1.165, 1.54) is 11.0 Å². The molecule has 1 atom stereocenters. The lowest BCUT2D eigenvalue weighted by Gasteiger charge is -2.36. The number of ether oxygens (including phenoxy) is 1. The van der Waals surface area contributed by atoms with Gasteiger partial charge in [-0.25, -0.2) is 4.79 Å². The zero-order valence-corrected chi connectivity index (χ0v) is 12.7. The van der Waals surface area contributed by atoms with Crippen molar-refractivity contribution in [2.75, 3.05) is 11.5 Å². The summed E-state index contributed by atoms with van der Waals surface area (Å²) in [5.74, 6) is 0. The Bertz CT molecular complexity index is 543. The molecule has 22 heavy (non-hydrogen) atoms.